The Balaban J connectivity index is 0.0000129. The van der Waals surface area contributed by atoms with Crippen LogP contribution in [0.1, 0.15) is 93.6 Å². The minimum atomic E-state index is -2.21. The van der Waals surface area contributed by atoms with E-state index in [0.29, 0.717) is 0 Å². The number of nitrogens with zero attached hydrogens (tertiary/aromatic N) is 2. The Hall–Kier alpha value is -5.99. The molecule has 3 fully saturated rings. The van der Waals surface area contributed by atoms with Crippen LogP contribution in [0.5, 0.6) is 11.5 Å². The molecule has 0 bridgehead atoms. The molecule has 0 saturated carbocycles. The van der Waals surface area contributed by atoms with Gasteiger partial charge in [-0.1, -0.05) is 82.0 Å². The molecular weight excluding hydrogens is 1130 g/mol. The number of phenolic OH excluding ortho intramolecular Hbond substituents is 1. The monoisotopic (exact) mass is 1200 g/mol. The number of carbonyl (C=O) groups excluding carboxylic acids is 8. The van der Waals surface area contributed by atoms with Gasteiger partial charge in [0.2, 0.25) is 41.4 Å². The SMILES string of the molecule is CCCCCCCc1ccc(-c2ccc(C(=O)N[C@H]3CC(O)CNC(=O)C4C(O)C(C)CN4C(=O)C(C(O)CC(N)=O)NC(=O)C(C(O)Cc4ccc(O)c(OSOO[O-])c4)NC(=O)C4CC(O)CN4C(=O)C(C(C)O)NC3=O)cc2)cc1.[Na+]. The molecule has 0 aromatic heterocycles. The van der Waals surface area contributed by atoms with E-state index < -0.39 is 177 Å². The molecule has 3 aromatic rings. The van der Waals surface area contributed by atoms with Crippen molar-refractivity contribution < 1.29 is 122 Å². The zero-order valence-electron chi connectivity index (χ0n) is 47.0. The van der Waals surface area contributed by atoms with E-state index >= 15 is 0 Å². The Kier molecular flexibility index (Phi) is 26.6. The number of amides is 8. The molecule has 14 N–H and O–H groups in total. The minimum Gasteiger partial charge on any atom is -0.691 e. The average molecular weight is 1210 g/mol. The van der Waals surface area contributed by atoms with Crippen LogP contribution < -0.4 is 71.3 Å². The van der Waals surface area contributed by atoms with E-state index in [1.165, 1.54) is 43.5 Å². The Morgan fingerprint density at radius 1 is 0.762 bits per heavy atom. The van der Waals surface area contributed by atoms with Gasteiger partial charge < -0.3 is 87.3 Å². The topological polar surface area (TPSA) is 422 Å². The zero-order chi connectivity index (χ0) is 60.7. The van der Waals surface area contributed by atoms with Crippen molar-refractivity contribution in [1.82, 2.24) is 36.4 Å². The molecule has 12 unspecified atom stereocenters. The van der Waals surface area contributed by atoms with E-state index in [1.54, 1.807) is 12.1 Å². The molecule has 3 aliphatic rings. The van der Waals surface area contributed by atoms with Crippen LogP contribution in [0, 0.1) is 5.92 Å². The number of rotatable bonds is 20. The third-order valence-corrected chi connectivity index (χ3v) is 15.2. The van der Waals surface area contributed by atoms with Gasteiger partial charge in [0.05, 0.1) is 43.0 Å². The number of aliphatic hydroxyl groups excluding tert-OH is 6. The van der Waals surface area contributed by atoms with Crippen molar-refractivity contribution in [2.75, 3.05) is 19.6 Å². The van der Waals surface area contributed by atoms with Gasteiger partial charge in [0.25, 0.3) is 18.2 Å². The Morgan fingerprint density at radius 3 is 2.02 bits per heavy atom. The molecule has 3 aromatic carbocycles. The quantitative estimate of drug-likeness (QED) is 0.0165. The Morgan fingerprint density at radius 2 is 1.38 bits per heavy atom. The largest absolute Gasteiger partial charge is 1.00 e. The first-order valence-electron chi connectivity index (χ1n) is 27.3. The molecule has 454 valence electrons. The number of benzene rings is 3. The van der Waals surface area contributed by atoms with Crippen LogP contribution in [0.2, 0.25) is 0 Å². The number of unbranched alkanes of at least 4 members (excludes halogenated alkanes) is 4. The molecule has 6 rings (SSSR count). The van der Waals surface area contributed by atoms with Crippen LogP contribution in [-0.2, 0) is 55.8 Å². The van der Waals surface area contributed by atoms with Crippen molar-refractivity contribution in [3.8, 4) is 22.6 Å². The number of hydrogen-bond acceptors (Lipinski definition) is 20. The van der Waals surface area contributed by atoms with Gasteiger partial charge >= 0.3 is 29.6 Å². The van der Waals surface area contributed by atoms with Gasteiger partial charge in [-0.05, 0) is 66.3 Å². The summed E-state index contributed by atoms with van der Waals surface area (Å²) in [6.07, 6.45) is -6.77. The molecule has 0 radical (unpaired) electrons. The van der Waals surface area contributed by atoms with E-state index in [2.05, 4.69) is 42.9 Å². The molecule has 8 amide bonds. The second-order valence-corrected chi connectivity index (χ2v) is 21.6. The number of phenols is 1. The van der Waals surface area contributed by atoms with Gasteiger partial charge in [-0.3, -0.25) is 43.4 Å². The first-order valence-corrected chi connectivity index (χ1v) is 28.0. The van der Waals surface area contributed by atoms with E-state index in [9.17, 15) is 79.4 Å². The summed E-state index contributed by atoms with van der Waals surface area (Å²) >= 11 is -0.000295. The number of aryl methyl sites for hydroxylation is 1. The zero-order valence-corrected chi connectivity index (χ0v) is 49.8. The van der Waals surface area contributed by atoms with Crippen LogP contribution in [0.15, 0.2) is 66.7 Å². The number of nitrogens with two attached hydrogens (primary N) is 1. The summed E-state index contributed by atoms with van der Waals surface area (Å²) in [5.74, 6) is -11.0. The third-order valence-electron chi connectivity index (χ3n) is 14.8. The van der Waals surface area contributed by atoms with Gasteiger partial charge in [-0.15, -0.1) is 4.33 Å². The summed E-state index contributed by atoms with van der Waals surface area (Å²) < 4.78 is 9.14. The fourth-order valence-corrected chi connectivity index (χ4v) is 10.5. The molecule has 0 spiro atoms. The van der Waals surface area contributed by atoms with Crippen molar-refractivity contribution in [2.24, 2.45) is 11.7 Å². The number of nitrogens with one attached hydrogen (secondary N) is 5. The van der Waals surface area contributed by atoms with Crippen LogP contribution >= 0.6 is 12.3 Å². The number of fused-ring (bicyclic) bond motifs is 2. The number of β-amino-alcohol motifs (C(OH)–C–C–N with tert-alkyl or cyclic N) is 1. The molecule has 84 heavy (non-hydrogen) atoms. The standard InChI is InChI=1S/C55H74N8O19S.Na/c1-4-5-6-7-8-9-30-10-13-32(14-11-30)33-15-17-34(18-16-33)49(72)58-37-22-35(65)25-57-53(76)47-48(71)28(2)26-63(47)55(78)46(41(69)24-43(56)70)61-52(75)45(40(68)20-31-12-19-39(67)42(21-31)80-83-82-81-79)60-51(74)38-23-36(66)27-62(38)54(77)44(29(3)64)59-50(37)73;/h10-19,21,28-29,35-38,40-41,44-48,64-69,71,79H,4-9,20,22-27H2,1-3H3,(H2,56,70)(H,57,76)(H,58,72)(H,59,73)(H,60,74)(H,61,75);/q;+1/p-1/t28?,29?,35?,36?,37-,38?,40?,41?,44?,45?,46?,47?,48?;/m0./s1. The number of primary amides is 1. The Bertz CT molecular complexity index is 2750. The fraction of sp³-hybridized carbons (Fsp3) is 0.527. The first-order chi connectivity index (χ1) is 39.5. The molecule has 0 aliphatic carbocycles. The molecule has 29 heteroatoms. The second kappa shape index (κ2) is 32.5. The summed E-state index contributed by atoms with van der Waals surface area (Å²) in [7, 11) is 0. The maximum absolute atomic E-state index is 14.6. The molecule has 13 atom stereocenters. The van der Waals surface area contributed by atoms with Crippen molar-refractivity contribution in [3.63, 3.8) is 0 Å². The molecule has 3 aliphatic heterocycles. The van der Waals surface area contributed by atoms with Crippen LogP contribution in [0.25, 0.3) is 11.1 Å². The number of aliphatic hydroxyl groups is 6. The summed E-state index contributed by atoms with van der Waals surface area (Å²) in [4.78, 5) is 115. The Labute approximate surface area is 510 Å². The maximum atomic E-state index is 14.6. The van der Waals surface area contributed by atoms with Crippen molar-refractivity contribution in [2.45, 2.75) is 158 Å². The fourth-order valence-electron chi connectivity index (χ4n) is 10.3. The molecule has 3 saturated heterocycles. The van der Waals surface area contributed by atoms with Crippen LogP contribution in [0.3, 0.4) is 0 Å². The number of carbonyl (C=O) groups is 8. The summed E-state index contributed by atoms with van der Waals surface area (Å²) in [5, 5.41) is 104. The summed E-state index contributed by atoms with van der Waals surface area (Å²) in [6, 6.07) is 6.36. The van der Waals surface area contributed by atoms with E-state index in [-0.39, 0.29) is 58.8 Å². The predicted molar refractivity (Wildman–Crippen MR) is 292 cm³/mol. The summed E-state index contributed by atoms with van der Waals surface area (Å²) in [6.45, 7) is 3.09. The number of aromatic hydroxyl groups is 1. The third kappa shape index (κ3) is 18.5. The van der Waals surface area contributed by atoms with E-state index in [0.717, 1.165) is 65.7 Å². The van der Waals surface area contributed by atoms with Gasteiger partial charge in [0.15, 0.2) is 11.5 Å². The van der Waals surface area contributed by atoms with Crippen molar-refractivity contribution in [3.05, 3.63) is 83.4 Å². The van der Waals surface area contributed by atoms with Crippen LogP contribution in [0.4, 0.5) is 0 Å². The summed E-state index contributed by atoms with van der Waals surface area (Å²) in [5.41, 5.74) is 8.39. The van der Waals surface area contributed by atoms with Gasteiger partial charge in [-0.25, -0.2) is 0 Å². The second-order valence-electron chi connectivity index (χ2n) is 21.2. The molecular formula is C55H73N8NaO19S. The van der Waals surface area contributed by atoms with Gasteiger partial charge in [-0.2, -0.15) is 0 Å². The van der Waals surface area contributed by atoms with E-state index in [4.69, 9.17) is 9.92 Å². The average Bonchev–Trinajstić information content (AvgIpc) is 3.58. The van der Waals surface area contributed by atoms with Gasteiger partial charge in [0, 0.05) is 50.4 Å². The van der Waals surface area contributed by atoms with Crippen LogP contribution in [-0.4, -0.2) is 185 Å². The predicted octanol–water partition coefficient (Wildman–Crippen LogP) is -5.43. The smallest absolute Gasteiger partial charge is 0.691 e. The minimum absolute atomic E-state index is 0. The maximum Gasteiger partial charge on any atom is 1.00 e. The molecule has 27 nitrogen and oxygen atoms in total. The van der Waals surface area contributed by atoms with Crippen molar-refractivity contribution >= 4 is 59.6 Å². The normalized spacial score (nSPS) is 25.7. The van der Waals surface area contributed by atoms with Crippen molar-refractivity contribution in [1.29, 1.82) is 0 Å². The van der Waals surface area contributed by atoms with E-state index in [1.807, 2.05) is 24.3 Å². The first kappa shape index (κ1) is 68.8. The van der Waals surface area contributed by atoms with Gasteiger partial charge in [0.1, 0.15) is 36.3 Å². The molecule has 3 heterocycles. The number of hydrogen-bond donors (Lipinski definition) is 13.